The molecule has 1 rings (SSSR count). The Balaban J connectivity index is 3.10. The van der Waals surface area contributed by atoms with Crippen molar-refractivity contribution in [1.29, 1.82) is 0 Å². The first-order chi connectivity index (χ1) is 6.23. The Morgan fingerprint density at radius 1 is 1.43 bits per heavy atom. The third-order valence-corrected chi connectivity index (χ3v) is 3.43. The van der Waals surface area contributed by atoms with Gasteiger partial charge in [0.05, 0.1) is 0 Å². The molecule has 0 amide bonds. The summed E-state index contributed by atoms with van der Waals surface area (Å²) in [6, 6.07) is 0. The maximum atomic E-state index is 11.0. The number of aliphatic hydroxyl groups is 2. The van der Waals surface area contributed by atoms with Crippen LogP contribution in [0.4, 0.5) is 0 Å². The van der Waals surface area contributed by atoms with E-state index in [1.54, 1.807) is 0 Å². The molecule has 0 saturated heterocycles. The molecule has 4 heteroatoms. The Morgan fingerprint density at radius 2 is 1.93 bits per heavy atom. The average Bonchev–Trinajstić information content (AvgIpc) is 2.24. The maximum Gasteiger partial charge on any atom is 0.339 e. The molecule has 3 N–H and O–H groups in total. The zero-order valence-electron chi connectivity index (χ0n) is 8.82. The van der Waals surface area contributed by atoms with E-state index in [2.05, 4.69) is 0 Å². The number of carboxylic acid groups (broad SMARTS) is 1. The van der Waals surface area contributed by atoms with Crippen LogP contribution < -0.4 is 0 Å². The Hall–Kier alpha value is -0.610. The summed E-state index contributed by atoms with van der Waals surface area (Å²) >= 11 is 0. The highest BCUT2D eigenvalue weighted by molar-refractivity contribution is 5.80. The summed E-state index contributed by atoms with van der Waals surface area (Å²) < 4.78 is 0. The van der Waals surface area contributed by atoms with Crippen molar-refractivity contribution in [3.05, 3.63) is 0 Å². The van der Waals surface area contributed by atoms with Gasteiger partial charge in [-0.25, -0.2) is 4.79 Å². The average molecular weight is 202 g/mol. The minimum Gasteiger partial charge on any atom is -0.479 e. The Kier molecular flexibility index (Phi) is 2.63. The van der Waals surface area contributed by atoms with Gasteiger partial charge >= 0.3 is 5.97 Å². The van der Waals surface area contributed by atoms with Crippen molar-refractivity contribution >= 4 is 5.97 Å². The highest BCUT2D eigenvalue weighted by Crippen LogP contribution is 2.46. The first-order valence-electron chi connectivity index (χ1n) is 4.91. The summed E-state index contributed by atoms with van der Waals surface area (Å²) in [4.78, 5) is 11.0. The third kappa shape index (κ3) is 1.33. The number of hydrogen-bond donors (Lipinski definition) is 3. The second kappa shape index (κ2) is 3.21. The van der Waals surface area contributed by atoms with Crippen LogP contribution in [-0.4, -0.2) is 32.5 Å². The smallest absolute Gasteiger partial charge is 0.339 e. The highest BCUT2D eigenvalue weighted by Gasteiger charge is 2.62. The van der Waals surface area contributed by atoms with Crippen molar-refractivity contribution < 1.29 is 20.1 Å². The molecule has 14 heavy (non-hydrogen) atoms. The van der Waals surface area contributed by atoms with Crippen molar-refractivity contribution in [2.75, 3.05) is 0 Å². The second-order valence-electron chi connectivity index (χ2n) is 4.73. The van der Waals surface area contributed by atoms with Gasteiger partial charge in [-0.15, -0.1) is 0 Å². The van der Waals surface area contributed by atoms with Gasteiger partial charge in [0, 0.05) is 5.92 Å². The zero-order chi connectivity index (χ0) is 11.1. The van der Waals surface area contributed by atoms with Gasteiger partial charge in [0.2, 0.25) is 0 Å². The summed E-state index contributed by atoms with van der Waals surface area (Å²) in [5.74, 6) is -1.65. The minimum absolute atomic E-state index is 0.0464. The molecule has 0 aromatic carbocycles. The summed E-state index contributed by atoms with van der Waals surface area (Å²) in [7, 11) is 0. The van der Waals surface area contributed by atoms with E-state index in [1.807, 2.05) is 13.8 Å². The first-order valence-corrected chi connectivity index (χ1v) is 4.91. The van der Waals surface area contributed by atoms with Crippen molar-refractivity contribution in [1.82, 2.24) is 0 Å². The molecule has 0 spiro atoms. The van der Waals surface area contributed by atoms with Crippen LogP contribution in [0.1, 0.15) is 33.6 Å². The summed E-state index contributed by atoms with van der Waals surface area (Å²) in [6.45, 7) is 5.11. The largest absolute Gasteiger partial charge is 0.479 e. The maximum absolute atomic E-state index is 11.0. The van der Waals surface area contributed by atoms with E-state index in [1.165, 1.54) is 6.92 Å². The molecule has 0 aromatic rings. The lowest BCUT2D eigenvalue weighted by molar-refractivity contribution is -0.192. The molecule has 82 valence electrons. The van der Waals surface area contributed by atoms with Crippen LogP contribution >= 0.6 is 0 Å². The standard InChI is InChI=1S/C10H18O4/c1-6(2)7-4-5-9(3,13)10(7,14)8(11)12/h6-7,13-14H,4-5H2,1-3H3,(H,11,12). The quantitative estimate of drug-likeness (QED) is 0.613. The van der Waals surface area contributed by atoms with E-state index in [0.29, 0.717) is 12.8 Å². The molecular weight excluding hydrogens is 184 g/mol. The summed E-state index contributed by atoms with van der Waals surface area (Å²) in [5, 5.41) is 29.0. The molecule has 3 unspecified atom stereocenters. The van der Waals surface area contributed by atoms with E-state index in [9.17, 15) is 15.0 Å². The molecule has 0 heterocycles. The second-order valence-corrected chi connectivity index (χ2v) is 4.73. The fourth-order valence-electron chi connectivity index (χ4n) is 2.44. The molecule has 3 atom stereocenters. The van der Waals surface area contributed by atoms with Crippen molar-refractivity contribution in [3.8, 4) is 0 Å². The molecule has 4 nitrogen and oxygen atoms in total. The van der Waals surface area contributed by atoms with Crippen LogP contribution in [0.2, 0.25) is 0 Å². The lowest BCUT2D eigenvalue weighted by atomic mass is 9.77. The SMILES string of the molecule is CC(C)C1CCC(C)(O)C1(O)C(=O)O. The molecule has 1 fully saturated rings. The third-order valence-electron chi connectivity index (χ3n) is 3.43. The summed E-state index contributed by atoms with van der Waals surface area (Å²) in [6.07, 6.45) is 0.881. The number of carboxylic acids is 1. The van der Waals surface area contributed by atoms with Gasteiger partial charge in [-0.3, -0.25) is 0 Å². The predicted molar refractivity (Wildman–Crippen MR) is 50.8 cm³/mol. The van der Waals surface area contributed by atoms with Gasteiger partial charge in [-0.2, -0.15) is 0 Å². The fourth-order valence-corrected chi connectivity index (χ4v) is 2.44. The van der Waals surface area contributed by atoms with E-state index in [-0.39, 0.29) is 11.8 Å². The number of hydrogen-bond acceptors (Lipinski definition) is 3. The van der Waals surface area contributed by atoms with Crippen LogP contribution in [0.25, 0.3) is 0 Å². The lowest BCUT2D eigenvalue weighted by Gasteiger charge is -2.36. The van der Waals surface area contributed by atoms with Crippen molar-refractivity contribution in [3.63, 3.8) is 0 Å². The van der Waals surface area contributed by atoms with E-state index < -0.39 is 17.2 Å². The van der Waals surface area contributed by atoms with Gasteiger partial charge in [-0.05, 0) is 25.7 Å². The summed E-state index contributed by atoms with van der Waals surface area (Å²) in [5.41, 5.74) is -3.52. The molecule has 0 aromatic heterocycles. The first kappa shape index (κ1) is 11.5. The zero-order valence-corrected chi connectivity index (χ0v) is 8.82. The predicted octanol–water partition coefficient (Wildman–Crippen LogP) is 0.619. The topological polar surface area (TPSA) is 77.8 Å². The van der Waals surface area contributed by atoms with E-state index >= 15 is 0 Å². The molecule has 1 aliphatic carbocycles. The van der Waals surface area contributed by atoms with Gasteiger partial charge in [-0.1, -0.05) is 13.8 Å². The molecule has 1 aliphatic rings. The Labute approximate surface area is 83.6 Å². The van der Waals surface area contributed by atoms with Gasteiger partial charge < -0.3 is 15.3 Å². The van der Waals surface area contributed by atoms with Crippen molar-refractivity contribution in [2.24, 2.45) is 11.8 Å². The number of carbonyl (C=O) groups is 1. The van der Waals surface area contributed by atoms with Crippen LogP contribution in [0, 0.1) is 11.8 Å². The minimum atomic E-state index is -2.00. The Bertz CT molecular complexity index is 247. The van der Waals surface area contributed by atoms with Crippen LogP contribution in [-0.2, 0) is 4.79 Å². The van der Waals surface area contributed by atoms with E-state index in [0.717, 1.165) is 0 Å². The van der Waals surface area contributed by atoms with Gasteiger partial charge in [0.1, 0.15) is 5.60 Å². The van der Waals surface area contributed by atoms with Gasteiger partial charge in [0.25, 0.3) is 0 Å². The van der Waals surface area contributed by atoms with Crippen LogP contribution in [0.3, 0.4) is 0 Å². The number of aliphatic carboxylic acids is 1. The molecule has 0 bridgehead atoms. The van der Waals surface area contributed by atoms with Crippen LogP contribution in [0.5, 0.6) is 0 Å². The van der Waals surface area contributed by atoms with Crippen molar-refractivity contribution in [2.45, 2.75) is 44.8 Å². The molecular formula is C10H18O4. The van der Waals surface area contributed by atoms with Crippen LogP contribution in [0.15, 0.2) is 0 Å². The number of rotatable bonds is 2. The fraction of sp³-hybridized carbons (Fsp3) is 0.900. The molecule has 1 saturated carbocycles. The Morgan fingerprint density at radius 3 is 2.21 bits per heavy atom. The normalized spacial score (nSPS) is 43.1. The molecule has 0 radical (unpaired) electrons. The molecule has 0 aliphatic heterocycles. The van der Waals surface area contributed by atoms with E-state index in [4.69, 9.17) is 5.11 Å². The highest BCUT2D eigenvalue weighted by atomic mass is 16.4. The lowest BCUT2D eigenvalue weighted by Crippen LogP contribution is -2.58. The van der Waals surface area contributed by atoms with Gasteiger partial charge in [0.15, 0.2) is 5.60 Å². The monoisotopic (exact) mass is 202 g/mol.